The highest BCUT2D eigenvalue weighted by Gasteiger charge is 2.33. The van der Waals surface area contributed by atoms with Crippen molar-refractivity contribution >= 4 is 28.4 Å². The van der Waals surface area contributed by atoms with E-state index in [1.54, 1.807) is 30.0 Å². The van der Waals surface area contributed by atoms with Gasteiger partial charge in [0.05, 0.1) is 13.2 Å². The predicted octanol–water partition coefficient (Wildman–Crippen LogP) is 4.92. The molecule has 0 unspecified atom stereocenters. The molecule has 0 atom stereocenters. The largest absolute Gasteiger partial charge is 0.433 e. The van der Waals surface area contributed by atoms with Gasteiger partial charge in [-0.25, -0.2) is 4.98 Å². The lowest BCUT2D eigenvalue weighted by Crippen LogP contribution is -2.41. The van der Waals surface area contributed by atoms with Crippen LogP contribution in [0.25, 0.3) is 10.9 Å². The van der Waals surface area contributed by atoms with E-state index < -0.39 is 11.9 Å². The van der Waals surface area contributed by atoms with E-state index in [1.165, 1.54) is 0 Å². The van der Waals surface area contributed by atoms with Crippen LogP contribution >= 0.6 is 11.6 Å². The van der Waals surface area contributed by atoms with Crippen molar-refractivity contribution in [2.45, 2.75) is 26.4 Å². The lowest BCUT2D eigenvalue weighted by molar-refractivity contribution is -0.141. The van der Waals surface area contributed by atoms with E-state index in [1.807, 2.05) is 6.92 Å². The summed E-state index contributed by atoms with van der Waals surface area (Å²) in [6, 6.07) is 6.20. The highest BCUT2D eigenvalue weighted by atomic mass is 35.5. The number of carbonyl (C=O) groups excluding carboxylic acids is 1. The molecule has 1 aliphatic rings. The van der Waals surface area contributed by atoms with Crippen molar-refractivity contribution in [1.29, 1.82) is 0 Å². The average Bonchev–Trinajstić information content (AvgIpc) is 3.14. The van der Waals surface area contributed by atoms with Crippen molar-refractivity contribution < 1.29 is 22.7 Å². The van der Waals surface area contributed by atoms with Crippen LogP contribution in [0.4, 0.5) is 13.2 Å². The number of aromatic amines is 1. The first-order valence-electron chi connectivity index (χ1n) is 9.86. The molecule has 31 heavy (non-hydrogen) atoms. The van der Waals surface area contributed by atoms with Gasteiger partial charge in [-0.3, -0.25) is 4.79 Å². The zero-order valence-electron chi connectivity index (χ0n) is 17.1. The van der Waals surface area contributed by atoms with Crippen LogP contribution in [-0.2, 0) is 17.3 Å². The maximum absolute atomic E-state index is 13.1. The number of nitrogens with zero attached hydrogens (tertiary/aromatic N) is 2. The predicted molar refractivity (Wildman–Crippen MR) is 112 cm³/mol. The van der Waals surface area contributed by atoms with E-state index >= 15 is 0 Å². The number of nitrogens with one attached hydrogen (secondary N) is 1. The first-order valence-corrected chi connectivity index (χ1v) is 10.2. The molecular weight excluding hydrogens is 431 g/mol. The molecule has 1 N–H and O–H groups in total. The molecule has 1 aromatic carbocycles. The quantitative estimate of drug-likeness (QED) is 0.615. The van der Waals surface area contributed by atoms with Crippen LogP contribution in [0.2, 0.25) is 5.02 Å². The molecule has 5 nitrogen and oxygen atoms in total. The van der Waals surface area contributed by atoms with Crippen molar-refractivity contribution in [3.8, 4) is 0 Å². The summed E-state index contributed by atoms with van der Waals surface area (Å²) in [6.07, 6.45) is -4.16. The molecule has 0 spiro atoms. The molecule has 2 aromatic heterocycles. The van der Waals surface area contributed by atoms with Gasteiger partial charge in [0.15, 0.2) is 0 Å². The van der Waals surface area contributed by atoms with Crippen molar-refractivity contribution in [1.82, 2.24) is 14.9 Å². The molecule has 3 aromatic rings. The second-order valence-corrected chi connectivity index (χ2v) is 8.03. The van der Waals surface area contributed by atoms with Gasteiger partial charge >= 0.3 is 6.18 Å². The smallest absolute Gasteiger partial charge is 0.378 e. The van der Waals surface area contributed by atoms with Crippen molar-refractivity contribution in [2.24, 2.45) is 0 Å². The summed E-state index contributed by atoms with van der Waals surface area (Å²) in [5.74, 6) is -0.0785. The van der Waals surface area contributed by atoms with Crippen LogP contribution < -0.4 is 0 Å². The van der Waals surface area contributed by atoms with Gasteiger partial charge in [-0.1, -0.05) is 11.6 Å². The maximum atomic E-state index is 13.1. The summed E-state index contributed by atoms with van der Waals surface area (Å²) in [6.45, 7) is 5.47. The average molecular weight is 452 g/mol. The fraction of sp³-hybridized carbons (Fsp3) is 0.364. The molecule has 1 aliphatic heterocycles. The van der Waals surface area contributed by atoms with Gasteiger partial charge in [0.1, 0.15) is 5.69 Å². The van der Waals surface area contributed by atoms with Gasteiger partial charge in [-0.05, 0) is 49.2 Å². The van der Waals surface area contributed by atoms with Crippen LogP contribution in [0.3, 0.4) is 0 Å². The number of rotatable bonds is 3. The number of amides is 1. The molecule has 0 aliphatic carbocycles. The van der Waals surface area contributed by atoms with E-state index in [0.29, 0.717) is 65.6 Å². The standard InChI is InChI=1S/C22H21ClF3N3O2/c1-12-15(21(30)29-5-7-31-8-6-29)3-4-18(23)16(12)9-14-10-17-13(2)27-20(22(24,25)26)11-19(17)28-14/h3-4,10-11,28H,5-9H2,1-2H3. The molecule has 0 radical (unpaired) electrons. The Kier molecular flexibility index (Phi) is 5.70. The second-order valence-electron chi connectivity index (χ2n) is 7.63. The minimum atomic E-state index is -4.52. The number of carbonyl (C=O) groups is 1. The van der Waals surface area contributed by atoms with E-state index in [0.717, 1.165) is 17.2 Å². The molecule has 1 fully saturated rings. The number of halogens is 4. The minimum Gasteiger partial charge on any atom is -0.378 e. The van der Waals surface area contributed by atoms with Crippen LogP contribution in [0.5, 0.6) is 0 Å². The molecule has 3 heterocycles. The van der Waals surface area contributed by atoms with Gasteiger partial charge in [-0.15, -0.1) is 0 Å². The topological polar surface area (TPSA) is 58.2 Å². The number of hydrogen-bond acceptors (Lipinski definition) is 3. The first-order chi connectivity index (χ1) is 14.6. The third kappa shape index (κ3) is 4.27. The maximum Gasteiger partial charge on any atom is 0.433 e. The fourth-order valence-corrected chi connectivity index (χ4v) is 4.16. The van der Waals surface area contributed by atoms with Crippen molar-refractivity contribution in [3.05, 3.63) is 63.1 Å². The Bertz CT molecular complexity index is 1150. The number of aromatic nitrogens is 2. The van der Waals surface area contributed by atoms with E-state index in [9.17, 15) is 18.0 Å². The third-order valence-corrected chi connectivity index (χ3v) is 5.94. The second kappa shape index (κ2) is 8.16. The zero-order chi connectivity index (χ0) is 22.3. The number of hydrogen-bond donors (Lipinski definition) is 1. The molecule has 9 heteroatoms. The summed E-state index contributed by atoms with van der Waals surface area (Å²) in [4.78, 5) is 21.4. The third-order valence-electron chi connectivity index (χ3n) is 5.59. The Labute approximate surface area is 182 Å². The number of alkyl halides is 3. The summed E-state index contributed by atoms with van der Waals surface area (Å²) < 4.78 is 44.6. The molecule has 1 amide bonds. The molecule has 0 bridgehead atoms. The highest BCUT2D eigenvalue weighted by Crippen LogP contribution is 2.32. The lowest BCUT2D eigenvalue weighted by Gasteiger charge is -2.27. The van der Waals surface area contributed by atoms with Crippen molar-refractivity contribution in [3.63, 3.8) is 0 Å². The van der Waals surface area contributed by atoms with Crippen LogP contribution in [0.1, 0.15) is 38.6 Å². The molecule has 164 valence electrons. The van der Waals surface area contributed by atoms with Crippen LogP contribution in [-0.4, -0.2) is 47.1 Å². The normalized spacial score (nSPS) is 15.0. The van der Waals surface area contributed by atoms with Crippen LogP contribution in [0, 0.1) is 13.8 Å². The molecule has 4 rings (SSSR count). The summed E-state index contributed by atoms with van der Waals surface area (Å²) in [5.41, 5.74) is 2.51. The van der Waals surface area contributed by atoms with Gasteiger partial charge < -0.3 is 14.6 Å². The van der Waals surface area contributed by atoms with E-state index in [-0.39, 0.29) is 5.91 Å². The Hall–Kier alpha value is -2.58. The number of benzene rings is 1. The zero-order valence-corrected chi connectivity index (χ0v) is 17.8. The number of H-pyrrole nitrogens is 1. The number of pyridine rings is 1. The van der Waals surface area contributed by atoms with E-state index in [4.69, 9.17) is 16.3 Å². The molecule has 1 saturated heterocycles. The van der Waals surface area contributed by atoms with Gasteiger partial charge in [0.2, 0.25) is 0 Å². The Morgan fingerprint density at radius 2 is 1.94 bits per heavy atom. The number of ether oxygens (including phenoxy) is 1. The number of aryl methyl sites for hydroxylation is 1. The fourth-order valence-electron chi connectivity index (χ4n) is 3.89. The Morgan fingerprint density at radius 3 is 2.61 bits per heavy atom. The number of fused-ring (bicyclic) bond motifs is 1. The monoisotopic (exact) mass is 451 g/mol. The Balaban J connectivity index is 1.68. The van der Waals surface area contributed by atoms with Crippen molar-refractivity contribution in [2.75, 3.05) is 26.3 Å². The molecular formula is C22H21ClF3N3O2. The first kappa shape index (κ1) is 21.6. The van der Waals surface area contributed by atoms with Gasteiger partial charge in [0.25, 0.3) is 5.91 Å². The summed E-state index contributed by atoms with van der Waals surface area (Å²) >= 11 is 6.44. The summed E-state index contributed by atoms with van der Waals surface area (Å²) in [5, 5.41) is 1.12. The van der Waals surface area contributed by atoms with Gasteiger partial charge in [0, 0.05) is 52.4 Å². The lowest BCUT2D eigenvalue weighted by atomic mass is 9.97. The highest BCUT2D eigenvalue weighted by molar-refractivity contribution is 6.31. The van der Waals surface area contributed by atoms with E-state index in [2.05, 4.69) is 9.97 Å². The minimum absolute atomic E-state index is 0.0785. The molecule has 0 saturated carbocycles. The summed E-state index contributed by atoms with van der Waals surface area (Å²) in [7, 11) is 0. The van der Waals surface area contributed by atoms with Crippen LogP contribution in [0.15, 0.2) is 24.3 Å². The SMILES string of the molecule is Cc1c(C(=O)N2CCOCC2)ccc(Cl)c1Cc1cc2c(C)nc(C(F)(F)F)cc2[nH]1. The Morgan fingerprint density at radius 1 is 1.23 bits per heavy atom. The number of morpholine rings is 1. The van der Waals surface area contributed by atoms with Gasteiger partial charge in [-0.2, -0.15) is 13.2 Å².